The zero-order valence-electron chi connectivity index (χ0n) is 15.9. The van der Waals surface area contributed by atoms with Crippen molar-refractivity contribution < 1.29 is 9.53 Å². The summed E-state index contributed by atoms with van der Waals surface area (Å²) in [6, 6.07) is 12.2. The average Bonchev–Trinajstić information content (AvgIpc) is 2.90. The van der Waals surface area contributed by atoms with E-state index in [0.29, 0.717) is 5.92 Å². The largest absolute Gasteiger partial charge is 0.496 e. The summed E-state index contributed by atoms with van der Waals surface area (Å²) in [5, 5.41) is 0. The third-order valence-corrected chi connectivity index (χ3v) is 5.63. The number of thiazole rings is 1. The molecular formula is C21H24N2O2S. The zero-order chi connectivity index (χ0) is 18.8. The number of hydrogen-bond donors (Lipinski definition) is 0. The van der Waals surface area contributed by atoms with Gasteiger partial charge in [0, 0.05) is 7.05 Å². The highest BCUT2D eigenvalue weighted by Gasteiger charge is 2.09. The molecule has 0 saturated carbocycles. The topological polar surface area (TPSA) is 43.6 Å². The van der Waals surface area contributed by atoms with Gasteiger partial charge in [-0.05, 0) is 47.7 Å². The fraction of sp³-hybridized carbons (Fsp3) is 0.333. The Morgan fingerprint density at radius 2 is 2.00 bits per heavy atom. The third-order valence-electron chi connectivity index (χ3n) is 4.54. The number of carbonyl (C=O) groups excluding carboxylic acids is 1. The first-order valence-corrected chi connectivity index (χ1v) is 9.51. The molecule has 2 aromatic carbocycles. The Labute approximate surface area is 157 Å². The number of hydrogen-bond acceptors (Lipinski definition) is 3. The zero-order valence-corrected chi connectivity index (χ0v) is 16.7. The van der Waals surface area contributed by atoms with E-state index in [1.54, 1.807) is 18.4 Å². The predicted molar refractivity (Wildman–Crippen MR) is 107 cm³/mol. The number of fused-ring (bicyclic) bond motifs is 1. The molecule has 3 rings (SSSR count). The van der Waals surface area contributed by atoms with Gasteiger partial charge in [-0.15, -0.1) is 0 Å². The highest BCUT2D eigenvalue weighted by Crippen LogP contribution is 2.23. The van der Waals surface area contributed by atoms with Crippen molar-refractivity contribution in [3.05, 3.63) is 57.9 Å². The number of rotatable bonds is 4. The monoisotopic (exact) mass is 368 g/mol. The van der Waals surface area contributed by atoms with E-state index >= 15 is 0 Å². The van der Waals surface area contributed by atoms with Crippen LogP contribution >= 0.6 is 11.3 Å². The first-order chi connectivity index (χ1) is 12.4. The van der Waals surface area contributed by atoms with Crippen LogP contribution in [-0.4, -0.2) is 17.6 Å². The van der Waals surface area contributed by atoms with E-state index in [-0.39, 0.29) is 12.3 Å². The highest BCUT2D eigenvalue weighted by atomic mass is 32.1. The summed E-state index contributed by atoms with van der Waals surface area (Å²) in [7, 11) is 3.60. The van der Waals surface area contributed by atoms with Crippen LogP contribution in [0.25, 0.3) is 10.2 Å². The molecule has 0 fully saturated rings. The summed E-state index contributed by atoms with van der Waals surface area (Å²) in [6.07, 6.45) is 0.288. The standard InChI is InChI=1S/C21H24N2O2S/c1-13(2)16-7-8-17-19(12-16)26-21(23(17)4)22-20(24)11-15-6-9-18(25-5)14(3)10-15/h6-10,12-13H,11H2,1-5H3. The summed E-state index contributed by atoms with van der Waals surface area (Å²) in [6.45, 7) is 6.34. The lowest BCUT2D eigenvalue weighted by Crippen LogP contribution is -2.14. The van der Waals surface area contributed by atoms with Gasteiger partial charge in [-0.2, -0.15) is 4.99 Å². The van der Waals surface area contributed by atoms with Crippen LogP contribution in [0.4, 0.5) is 0 Å². The molecule has 0 atom stereocenters. The molecular weight excluding hydrogens is 344 g/mol. The van der Waals surface area contributed by atoms with Crippen molar-refractivity contribution in [2.45, 2.75) is 33.1 Å². The molecule has 5 heteroatoms. The van der Waals surface area contributed by atoms with Crippen LogP contribution in [-0.2, 0) is 18.3 Å². The predicted octanol–water partition coefficient (Wildman–Crippen LogP) is 4.35. The molecule has 1 heterocycles. The minimum absolute atomic E-state index is 0.138. The van der Waals surface area contributed by atoms with Crippen molar-refractivity contribution in [3.8, 4) is 5.75 Å². The molecule has 0 aliphatic rings. The lowest BCUT2D eigenvalue weighted by molar-refractivity contribution is -0.117. The van der Waals surface area contributed by atoms with Gasteiger partial charge < -0.3 is 9.30 Å². The molecule has 1 amide bonds. The maximum absolute atomic E-state index is 12.4. The van der Waals surface area contributed by atoms with Crippen LogP contribution in [0.5, 0.6) is 5.75 Å². The number of amides is 1. The second kappa shape index (κ2) is 7.46. The summed E-state index contributed by atoms with van der Waals surface area (Å²) < 4.78 is 8.41. The van der Waals surface area contributed by atoms with E-state index in [0.717, 1.165) is 31.9 Å². The van der Waals surface area contributed by atoms with Crippen LogP contribution in [0.1, 0.15) is 36.5 Å². The summed E-state index contributed by atoms with van der Waals surface area (Å²) in [5.74, 6) is 1.17. The van der Waals surface area contributed by atoms with E-state index < -0.39 is 0 Å². The molecule has 0 spiro atoms. The molecule has 4 nitrogen and oxygen atoms in total. The lowest BCUT2D eigenvalue weighted by atomic mass is 10.0. The Bertz CT molecular complexity index is 1030. The summed E-state index contributed by atoms with van der Waals surface area (Å²) in [5.41, 5.74) is 4.37. The molecule has 0 saturated heterocycles. The average molecular weight is 369 g/mol. The van der Waals surface area contributed by atoms with E-state index in [4.69, 9.17) is 4.74 Å². The van der Waals surface area contributed by atoms with Gasteiger partial charge in [0.2, 0.25) is 0 Å². The number of aryl methyl sites for hydroxylation is 2. The van der Waals surface area contributed by atoms with Gasteiger partial charge in [-0.3, -0.25) is 4.79 Å². The SMILES string of the molecule is COc1ccc(CC(=O)N=c2sc3cc(C(C)C)ccc3n2C)cc1C. The molecule has 26 heavy (non-hydrogen) atoms. The van der Waals surface area contributed by atoms with Gasteiger partial charge in [0.25, 0.3) is 5.91 Å². The van der Waals surface area contributed by atoms with Gasteiger partial charge in [-0.25, -0.2) is 0 Å². The number of carbonyl (C=O) groups is 1. The number of ether oxygens (including phenoxy) is 1. The van der Waals surface area contributed by atoms with E-state index in [9.17, 15) is 4.79 Å². The van der Waals surface area contributed by atoms with Crippen molar-refractivity contribution >= 4 is 27.5 Å². The van der Waals surface area contributed by atoms with Crippen molar-refractivity contribution in [3.63, 3.8) is 0 Å². The molecule has 136 valence electrons. The first kappa shape index (κ1) is 18.4. The fourth-order valence-electron chi connectivity index (χ4n) is 2.99. The van der Waals surface area contributed by atoms with Crippen molar-refractivity contribution in [2.24, 2.45) is 12.0 Å². The number of methoxy groups -OCH3 is 1. The van der Waals surface area contributed by atoms with E-state index in [1.165, 1.54) is 5.56 Å². The second-order valence-electron chi connectivity index (χ2n) is 6.81. The Morgan fingerprint density at radius 3 is 2.65 bits per heavy atom. The number of nitrogens with zero attached hydrogens (tertiary/aromatic N) is 2. The molecule has 0 aliphatic heterocycles. The Kier molecular flexibility index (Phi) is 5.28. The molecule has 0 bridgehead atoms. The maximum Gasteiger partial charge on any atom is 0.252 e. The Hall–Kier alpha value is -2.40. The quantitative estimate of drug-likeness (QED) is 0.687. The molecule has 0 unspecified atom stereocenters. The highest BCUT2D eigenvalue weighted by molar-refractivity contribution is 7.16. The van der Waals surface area contributed by atoms with E-state index in [1.807, 2.05) is 36.7 Å². The van der Waals surface area contributed by atoms with Gasteiger partial charge in [0.05, 0.1) is 23.7 Å². The Morgan fingerprint density at radius 1 is 1.23 bits per heavy atom. The van der Waals surface area contributed by atoms with Crippen molar-refractivity contribution in [2.75, 3.05) is 7.11 Å². The maximum atomic E-state index is 12.4. The molecule has 3 aromatic rings. The molecule has 0 radical (unpaired) electrons. The van der Waals surface area contributed by atoms with Crippen LogP contribution in [0, 0.1) is 6.92 Å². The Balaban J connectivity index is 1.90. The van der Waals surface area contributed by atoms with Gasteiger partial charge >= 0.3 is 0 Å². The molecule has 0 N–H and O–H groups in total. The van der Waals surface area contributed by atoms with Crippen LogP contribution in [0.2, 0.25) is 0 Å². The smallest absolute Gasteiger partial charge is 0.252 e. The van der Waals surface area contributed by atoms with Crippen LogP contribution in [0.3, 0.4) is 0 Å². The second-order valence-corrected chi connectivity index (χ2v) is 7.82. The number of benzene rings is 2. The van der Waals surface area contributed by atoms with Crippen molar-refractivity contribution in [1.82, 2.24) is 4.57 Å². The fourth-order valence-corrected chi connectivity index (χ4v) is 4.07. The summed E-state index contributed by atoms with van der Waals surface area (Å²) in [4.78, 5) is 17.5. The minimum atomic E-state index is -0.138. The van der Waals surface area contributed by atoms with Crippen molar-refractivity contribution in [1.29, 1.82) is 0 Å². The van der Waals surface area contributed by atoms with Gasteiger partial charge in [-0.1, -0.05) is 43.4 Å². The van der Waals surface area contributed by atoms with Gasteiger partial charge in [0.1, 0.15) is 5.75 Å². The minimum Gasteiger partial charge on any atom is -0.496 e. The van der Waals surface area contributed by atoms with Crippen LogP contribution < -0.4 is 9.54 Å². The molecule has 0 aliphatic carbocycles. The number of aromatic nitrogens is 1. The van der Waals surface area contributed by atoms with E-state index in [2.05, 4.69) is 37.0 Å². The summed E-state index contributed by atoms with van der Waals surface area (Å²) >= 11 is 1.56. The first-order valence-electron chi connectivity index (χ1n) is 8.69. The third kappa shape index (κ3) is 3.73. The van der Waals surface area contributed by atoms with Gasteiger partial charge in [0.15, 0.2) is 4.80 Å². The lowest BCUT2D eigenvalue weighted by Gasteiger charge is -2.05. The normalized spacial score (nSPS) is 12.2. The molecule has 1 aromatic heterocycles. The van der Waals surface area contributed by atoms with Crippen LogP contribution in [0.15, 0.2) is 41.4 Å².